The molecule has 3 rings (SSSR count). The number of nitrogens with one attached hydrogen (secondary N) is 1. The van der Waals surface area contributed by atoms with Gasteiger partial charge in [-0.1, -0.05) is 12.1 Å². The summed E-state index contributed by atoms with van der Waals surface area (Å²) < 4.78 is 5.47. The second-order valence-corrected chi connectivity index (χ2v) is 7.37. The van der Waals surface area contributed by atoms with Crippen LogP contribution in [0.5, 0.6) is 5.75 Å². The number of nitrogens with zero attached hydrogens (tertiary/aromatic N) is 4. The third-order valence-electron chi connectivity index (χ3n) is 5.63. The van der Waals surface area contributed by atoms with Gasteiger partial charge in [0.1, 0.15) is 5.75 Å². The molecule has 8 nitrogen and oxygen atoms in total. The van der Waals surface area contributed by atoms with Gasteiger partial charge in [0.05, 0.1) is 25.4 Å². The van der Waals surface area contributed by atoms with Crippen molar-refractivity contribution in [1.29, 1.82) is 0 Å². The largest absolute Gasteiger partial charge is 0.495 e. The zero-order valence-electron chi connectivity index (χ0n) is 17.1. The molecule has 1 atom stereocenters. The molecule has 2 fully saturated rings. The Kier molecular flexibility index (Phi) is 6.74. The molecule has 1 aromatic rings. The van der Waals surface area contributed by atoms with Crippen LogP contribution in [0.2, 0.25) is 0 Å². The fraction of sp³-hybridized carbons (Fsp3) is 0.600. The monoisotopic (exact) mass is 389 g/mol. The topological polar surface area (TPSA) is 68.4 Å². The van der Waals surface area contributed by atoms with Gasteiger partial charge in [-0.2, -0.15) is 0 Å². The van der Waals surface area contributed by atoms with Gasteiger partial charge in [0.25, 0.3) is 0 Å². The maximum absolute atomic E-state index is 12.0. The molecule has 2 aliphatic heterocycles. The zero-order chi connectivity index (χ0) is 20.1. The Hall–Kier alpha value is -2.32. The summed E-state index contributed by atoms with van der Waals surface area (Å²) in [5, 5.41) is 3.35. The van der Waals surface area contributed by atoms with Crippen molar-refractivity contribution in [3.63, 3.8) is 0 Å². The van der Waals surface area contributed by atoms with E-state index in [-0.39, 0.29) is 18.1 Å². The van der Waals surface area contributed by atoms with Crippen LogP contribution in [0.3, 0.4) is 0 Å². The van der Waals surface area contributed by atoms with E-state index in [1.165, 1.54) is 11.9 Å². The Morgan fingerprint density at radius 2 is 1.82 bits per heavy atom. The number of carbonyl (C=O) groups excluding carboxylic acids is 2. The minimum atomic E-state index is -0.249. The van der Waals surface area contributed by atoms with Gasteiger partial charge in [0.2, 0.25) is 5.91 Å². The smallest absolute Gasteiger partial charge is 0.327 e. The molecule has 28 heavy (non-hydrogen) atoms. The highest BCUT2D eigenvalue weighted by Crippen LogP contribution is 2.28. The van der Waals surface area contributed by atoms with Crippen molar-refractivity contribution in [3.8, 4) is 5.75 Å². The number of rotatable bonds is 7. The molecule has 1 aromatic carbocycles. The maximum Gasteiger partial charge on any atom is 0.327 e. The first kappa shape index (κ1) is 20.4. The van der Waals surface area contributed by atoms with Gasteiger partial charge < -0.3 is 14.5 Å². The lowest BCUT2D eigenvalue weighted by molar-refractivity contribution is -0.131. The number of hydrogen-bond acceptors (Lipinski definition) is 6. The van der Waals surface area contributed by atoms with Crippen LogP contribution in [-0.4, -0.2) is 93.3 Å². The highest BCUT2D eigenvalue weighted by molar-refractivity contribution is 5.96. The van der Waals surface area contributed by atoms with Gasteiger partial charge in [0, 0.05) is 40.3 Å². The molecule has 154 valence electrons. The second kappa shape index (κ2) is 9.25. The van der Waals surface area contributed by atoms with Crippen LogP contribution < -0.4 is 15.0 Å². The Morgan fingerprint density at radius 1 is 1.11 bits per heavy atom. The summed E-state index contributed by atoms with van der Waals surface area (Å²) in [6, 6.07) is 7.91. The van der Waals surface area contributed by atoms with Crippen LogP contribution in [0, 0.1) is 0 Å². The average molecular weight is 390 g/mol. The molecule has 0 saturated carbocycles. The van der Waals surface area contributed by atoms with Crippen LogP contribution in [0.25, 0.3) is 0 Å². The van der Waals surface area contributed by atoms with Gasteiger partial charge >= 0.3 is 6.03 Å². The number of piperazine rings is 1. The van der Waals surface area contributed by atoms with Crippen LogP contribution in [0.15, 0.2) is 24.3 Å². The van der Waals surface area contributed by atoms with E-state index in [1.54, 1.807) is 19.1 Å². The summed E-state index contributed by atoms with van der Waals surface area (Å²) >= 11 is 0. The van der Waals surface area contributed by atoms with Crippen LogP contribution in [-0.2, 0) is 4.79 Å². The highest BCUT2D eigenvalue weighted by Gasteiger charge is 2.33. The van der Waals surface area contributed by atoms with E-state index in [2.05, 4.69) is 21.2 Å². The Morgan fingerprint density at radius 3 is 2.54 bits per heavy atom. The number of methoxy groups -OCH3 is 1. The Labute approximate surface area is 167 Å². The highest BCUT2D eigenvalue weighted by atomic mass is 16.5. The number of amides is 3. The number of urea groups is 1. The molecular weight excluding hydrogens is 358 g/mol. The third kappa shape index (κ3) is 4.56. The number of ether oxygens (including phenoxy) is 1. The predicted octanol–water partition coefficient (Wildman–Crippen LogP) is 1.04. The van der Waals surface area contributed by atoms with Crippen LogP contribution in [0.1, 0.15) is 12.8 Å². The minimum Gasteiger partial charge on any atom is -0.495 e. The predicted molar refractivity (Wildman–Crippen MR) is 109 cm³/mol. The molecule has 2 aliphatic rings. The molecule has 8 heteroatoms. The van der Waals surface area contributed by atoms with Gasteiger partial charge in [-0.05, 0) is 31.6 Å². The van der Waals surface area contributed by atoms with Gasteiger partial charge in [-0.15, -0.1) is 0 Å². The van der Waals surface area contributed by atoms with E-state index in [9.17, 15) is 9.59 Å². The van der Waals surface area contributed by atoms with E-state index < -0.39 is 0 Å². The summed E-state index contributed by atoms with van der Waals surface area (Å²) in [6.07, 6.45) is 1.10. The molecule has 0 aliphatic carbocycles. The van der Waals surface area contributed by atoms with Gasteiger partial charge in [0.15, 0.2) is 0 Å². The third-order valence-corrected chi connectivity index (χ3v) is 5.63. The number of imide groups is 1. The lowest BCUT2D eigenvalue weighted by Crippen LogP contribution is -2.58. The number of benzene rings is 1. The van der Waals surface area contributed by atoms with E-state index >= 15 is 0 Å². The first-order valence-corrected chi connectivity index (χ1v) is 9.88. The molecule has 0 aromatic heterocycles. The summed E-state index contributed by atoms with van der Waals surface area (Å²) in [6.45, 7) is 5.78. The van der Waals surface area contributed by atoms with Crippen LogP contribution >= 0.6 is 0 Å². The standard InChI is InChI=1S/C20H31N5O3/c1-22-18(15-19(26)23(2)20(22)27)21-9-6-10-24-11-13-25(14-12-24)16-7-4-5-8-17(16)28-3/h4-5,7-8,18,21H,6,9-15H2,1-3H3. The molecular formula is C20H31N5O3. The second-order valence-electron chi connectivity index (χ2n) is 7.37. The molecule has 0 radical (unpaired) electrons. The van der Waals surface area contributed by atoms with Crippen LogP contribution in [0.4, 0.5) is 10.5 Å². The number of para-hydroxylation sites is 2. The van der Waals surface area contributed by atoms with E-state index in [0.29, 0.717) is 6.42 Å². The van der Waals surface area contributed by atoms with E-state index in [1.807, 2.05) is 18.2 Å². The maximum atomic E-state index is 12.0. The normalized spacial score (nSPS) is 21.4. The quantitative estimate of drug-likeness (QED) is 0.703. The summed E-state index contributed by atoms with van der Waals surface area (Å²) in [4.78, 5) is 31.5. The summed E-state index contributed by atoms with van der Waals surface area (Å²) in [5.41, 5.74) is 1.16. The van der Waals surface area contributed by atoms with Crippen molar-refractivity contribution in [2.45, 2.75) is 19.0 Å². The van der Waals surface area contributed by atoms with Gasteiger partial charge in [-0.25, -0.2) is 4.79 Å². The Bertz CT molecular complexity index is 690. The molecule has 1 N–H and O–H groups in total. The van der Waals surface area contributed by atoms with Crippen molar-refractivity contribution < 1.29 is 14.3 Å². The first-order chi connectivity index (χ1) is 13.5. The molecule has 3 amide bonds. The van der Waals surface area contributed by atoms with E-state index in [0.717, 1.165) is 57.1 Å². The summed E-state index contributed by atoms with van der Waals surface area (Å²) in [5.74, 6) is 0.791. The van der Waals surface area contributed by atoms with Crippen molar-refractivity contribution in [3.05, 3.63) is 24.3 Å². The number of anilines is 1. The minimum absolute atomic E-state index is 0.131. The fourth-order valence-corrected chi connectivity index (χ4v) is 3.80. The molecule has 2 heterocycles. The number of carbonyl (C=O) groups is 2. The molecule has 2 saturated heterocycles. The lowest BCUT2D eigenvalue weighted by atomic mass is 10.2. The first-order valence-electron chi connectivity index (χ1n) is 9.88. The van der Waals surface area contributed by atoms with Crippen molar-refractivity contribution in [2.24, 2.45) is 0 Å². The SMILES string of the molecule is COc1ccccc1N1CCN(CCCNC2CC(=O)N(C)C(=O)N2C)CC1. The fourth-order valence-electron chi connectivity index (χ4n) is 3.80. The average Bonchev–Trinajstić information content (AvgIpc) is 2.73. The Balaban J connectivity index is 1.38. The molecule has 1 unspecified atom stereocenters. The van der Waals surface area contributed by atoms with Crippen molar-refractivity contribution in [1.82, 2.24) is 20.0 Å². The summed E-state index contributed by atoms with van der Waals surface area (Å²) in [7, 11) is 4.98. The van der Waals surface area contributed by atoms with Crippen molar-refractivity contribution >= 4 is 17.6 Å². The van der Waals surface area contributed by atoms with Crippen molar-refractivity contribution in [2.75, 3.05) is 65.4 Å². The van der Waals surface area contributed by atoms with Gasteiger partial charge in [-0.3, -0.25) is 19.9 Å². The lowest BCUT2D eigenvalue weighted by Gasteiger charge is -2.38. The molecule has 0 spiro atoms. The number of hydrogen-bond donors (Lipinski definition) is 1. The van der Waals surface area contributed by atoms with E-state index in [4.69, 9.17) is 4.74 Å². The molecule has 0 bridgehead atoms. The zero-order valence-corrected chi connectivity index (χ0v) is 17.1.